The van der Waals surface area contributed by atoms with Crippen molar-refractivity contribution in [3.05, 3.63) is 30.3 Å². The van der Waals surface area contributed by atoms with E-state index in [2.05, 4.69) is 188 Å². The van der Waals surface area contributed by atoms with E-state index in [0.29, 0.717) is 0 Å². The molecule has 3 saturated heterocycles. The second-order valence-corrected chi connectivity index (χ2v) is 98.6. The molecule has 15 atom stereocenters. The van der Waals surface area contributed by atoms with Crippen molar-refractivity contribution in [3.8, 4) is 0 Å². The van der Waals surface area contributed by atoms with Crippen LogP contribution in [0.4, 0.5) is 0 Å². The maximum absolute atomic E-state index is 10.6. The van der Waals surface area contributed by atoms with Gasteiger partial charge in [0.2, 0.25) is 15.1 Å². The summed E-state index contributed by atoms with van der Waals surface area (Å²) in [6.07, 6.45) is -2.04. The lowest BCUT2D eigenvalue weighted by atomic mass is 9.94. The third kappa shape index (κ3) is 12.4. The molecule has 63 heavy (non-hydrogen) atoms. The van der Waals surface area contributed by atoms with E-state index in [9.17, 15) is 51.1 Å². The summed E-state index contributed by atoms with van der Waals surface area (Å²) in [6.45, 7) is -0.626. The van der Waals surface area contributed by atoms with E-state index in [1.165, 1.54) is 6.92 Å². The van der Waals surface area contributed by atoms with Crippen LogP contribution in [0.15, 0.2) is 30.3 Å². The fraction of sp³-hybridized carbons (Fsp3) is 0.824. The van der Waals surface area contributed by atoms with Crippen LogP contribution in [0.2, 0.25) is 0 Å². The Kier molecular flexibility index (Phi) is 26.4. The summed E-state index contributed by atoms with van der Waals surface area (Å²) in [5, 5.41) is 97.0. The molecule has 0 amide bonds. The Morgan fingerprint density at radius 1 is 0.476 bits per heavy atom. The van der Waals surface area contributed by atoms with Crippen LogP contribution < -0.4 is 5.19 Å². The lowest BCUT2D eigenvalue weighted by molar-refractivity contribution is -0.372. The fourth-order valence-corrected chi connectivity index (χ4v) is 325. The third-order valence-electron chi connectivity index (χ3n) is 11.7. The number of hydrogen-bond donors (Lipinski definition) is 10. The minimum atomic E-state index is -1.85. The molecule has 29 heteroatoms. The molecule has 0 aromatic heterocycles. The second-order valence-electron chi connectivity index (χ2n) is 14.7. The van der Waals surface area contributed by atoms with Gasteiger partial charge in [-0.3, -0.25) is 0 Å². The van der Waals surface area contributed by atoms with Gasteiger partial charge in [0.05, 0.1) is 35.0 Å². The molecule has 3 aliphatic rings. The van der Waals surface area contributed by atoms with E-state index < -0.39 is 133 Å². The fourth-order valence-electron chi connectivity index (χ4n) is 8.37. The van der Waals surface area contributed by atoms with Gasteiger partial charge in [0.15, 0.2) is 12.6 Å². The minimum absolute atomic E-state index is 0.379. The van der Waals surface area contributed by atoms with Gasteiger partial charge >= 0.3 is 0 Å². The van der Waals surface area contributed by atoms with Gasteiger partial charge in [0.1, 0.15) is 79.4 Å². The summed E-state index contributed by atoms with van der Waals surface area (Å²) in [6, 6.07) is 11.8. The molecule has 3 fully saturated rings. The molecule has 0 spiro atoms. The van der Waals surface area contributed by atoms with Crippen molar-refractivity contribution in [1.29, 1.82) is 0 Å². The summed E-state index contributed by atoms with van der Waals surface area (Å²) >= 11 is 21.1. The van der Waals surface area contributed by atoms with Crippen molar-refractivity contribution in [2.24, 2.45) is 0 Å². The van der Waals surface area contributed by atoms with Gasteiger partial charge in [-0.1, -0.05) is 35.5 Å². The number of rotatable bonds is 21. The smallest absolute Gasteiger partial charge is 0.221 e. The first-order valence-corrected chi connectivity index (χ1v) is 51.4. The number of hydrogen-bond acceptors (Lipinski definition) is 24. The topological polar surface area (TPSA) is 248 Å². The van der Waals surface area contributed by atoms with E-state index in [1.54, 1.807) is 5.19 Å². The molecule has 4 rings (SSSR count). The van der Waals surface area contributed by atoms with Crippen molar-refractivity contribution in [1.82, 2.24) is 0 Å². The highest BCUT2D eigenvalue weighted by Crippen LogP contribution is 2.64. The first-order chi connectivity index (χ1) is 29.9. The first-order valence-electron chi connectivity index (χ1n) is 19.8. The summed E-state index contributed by atoms with van der Waals surface area (Å²) in [5.41, 5.74) is 0. The lowest BCUT2D eigenvalue weighted by Crippen LogP contribution is -2.86. The van der Waals surface area contributed by atoms with E-state index in [4.69, 9.17) is 23.7 Å². The van der Waals surface area contributed by atoms with Gasteiger partial charge in [-0.05, 0) is 63.2 Å². The Balaban J connectivity index is 0.000000340. The Morgan fingerprint density at radius 2 is 0.825 bits per heavy atom. The average Bonchev–Trinajstić information content (AvgIpc) is 3.31. The monoisotopic (exact) mass is 1140 g/mol. The van der Waals surface area contributed by atoms with Crippen LogP contribution in [0, 0.1) is 0 Å². The Bertz CT molecular complexity index is 1400. The van der Waals surface area contributed by atoms with Crippen LogP contribution in [0.3, 0.4) is 0 Å². The molecular weight excluding hydrogens is 1080 g/mol. The second kappa shape index (κ2) is 27.6. The quantitative estimate of drug-likeness (QED) is 0.0681. The molecule has 1 aromatic carbocycles. The van der Waals surface area contributed by atoms with Crippen LogP contribution in [-0.2, 0) is 23.7 Å². The molecule has 15 nitrogen and oxygen atoms in total. The van der Waals surface area contributed by atoms with Gasteiger partial charge in [-0.2, -0.15) is 101 Å². The summed E-state index contributed by atoms with van der Waals surface area (Å²) < 4.78 is 27.1. The molecule has 1 aromatic rings. The molecule has 3 aliphatic heterocycles. The van der Waals surface area contributed by atoms with Crippen LogP contribution in [-0.4, -0.2) is 249 Å². The first kappa shape index (κ1) is 60.2. The number of aliphatic hydroxyl groups is 10. The minimum Gasteiger partial charge on any atom is -0.394 e. The zero-order valence-corrected chi connectivity index (χ0v) is 49.8. The third-order valence-corrected chi connectivity index (χ3v) is 209. The van der Waals surface area contributed by atoms with Crippen molar-refractivity contribution in [3.63, 3.8) is 0 Å². The van der Waals surface area contributed by atoms with Gasteiger partial charge < -0.3 is 74.7 Å². The molecule has 0 radical (unpaired) electrons. The van der Waals surface area contributed by atoms with Crippen molar-refractivity contribution >= 4 is 136 Å². The predicted molar refractivity (Wildman–Crippen MR) is 284 cm³/mol. The molecule has 0 bridgehead atoms. The Labute approximate surface area is 412 Å². The van der Waals surface area contributed by atoms with E-state index in [1.807, 2.05) is 0 Å². The lowest BCUT2D eigenvalue weighted by Gasteiger charge is -2.59. The zero-order valence-electron chi connectivity index (χ0n) is 37.1. The zero-order chi connectivity index (χ0) is 47.5. The number of benzene rings is 1. The molecular formula is C34H68O15S9Si5. The molecule has 0 saturated carbocycles. The molecule has 3 heterocycles. The van der Waals surface area contributed by atoms with Gasteiger partial charge in [-0.15, -0.1) is 0 Å². The molecule has 15 unspecified atom stereocenters. The highest BCUT2D eigenvalue weighted by molar-refractivity contribution is 9.07. The molecule has 10 N–H and O–H groups in total. The van der Waals surface area contributed by atoms with Crippen LogP contribution in [0.25, 0.3) is 0 Å². The largest absolute Gasteiger partial charge is 0.394 e. The summed E-state index contributed by atoms with van der Waals surface area (Å²) in [5.74, 6) is 0. The number of ether oxygens (including phenoxy) is 5. The Morgan fingerprint density at radius 3 is 1.21 bits per heavy atom. The maximum atomic E-state index is 10.6. The normalized spacial score (nSPS) is 34.8. The van der Waals surface area contributed by atoms with Crippen LogP contribution in [0.5, 0.6) is 0 Å². The predicted octanol–water partition coefficient (Wildman–Crippen LogP) is -0.758. The van der Waals surface area contributed by atoms with Crippen LogP contribution >= 0.6 is 101 Å². The summed E-state index contributed by atoms with van der Waals surface area (Å²) in [7, 11) is -0.379. The van der Waals surface area contributed by atoms with Crippen molar-refractivity contribution in [2.45, 2.75) is 98.9 Å². The highest BCUT2D eigenvalue weighted by atomic mass is 32.9. The van der Waals surface area contributed by atoms with E-state index in [-0.39, 0.29) is 9.04 Å². The molecule has 0 aliphatic carbocycles. The highest BCUT2D eigenvalue weighted by Gasteiger charge is 2.78. The summed E-state index contributed by atoms with van der Waals surface area (Å²) in [4.78, 5) is 0. The van der Waals surface area contributed by atoms with Gasteiger partial charge in [0.25, 0.3) is 0 Å². The van der Waals surface area contributed by atoms with Crippen LogP contribution in [0.1, 0.15) is 6.92 Å². The maximum Gasteiger partial charge on any atom is 0.221 e. The SMILES string of the molecule is CC1OC(CO)C(OC2OC(CO)C(OC3OC(CO)C(O)C(O)C3O)C(O)C2O)C(O)C1O.CS[Si](SC)(SC)[Si]([SiH2]c1ccccc1)([Si](SC)(SC)SC)[Si](SC)(SC)SC. The molecule has 368 valence electrons. The van der Waals surface area contributed by atoms with E-state index in [0.717, 1.165) is 0 Å². The Hall–Kier alpha value is 2.85. The van der Waals surface area contributed by atoms with Gasteiger partial charge in [0, 0.05) is 0 Å². The van der Waals surface area contributed by atoms with Gasteiger partial charge in [-0.25, -0.2) is 0 Å². The van der Waals surface area contributed by atoms with E-state index >= 15 is 0 Å². The van der Waals surface area contributed by atoms with Crippen molar-refractivity contribution < 1.29 is 74.7 Å². The average molecular weight is 1150 g/mol. The van der Waals surface area contributed by atoms with Crippen molar-refractivity contribution in [2.75, 3.05) is 76.1 Å². The number of aliphatic hydroxyl groups excluding tert-OH is 10. The standard InChI is InChI=1S/C19H34O15.C15H34S9Si5/c1-5-9(23)12(26)16(7(3-21)30-5)33-19-15(29)13(27)17(8(4-22)32-19)34-18-14(28)11(25)10(24)6(2-20)31-18;1-16-26(17-2,18-3)29(27(19-4,20-5)21-6,28(22-7,23-8)24-9)25-15-13-11-10-12-14-15/h5-29H,2-4H2,1H3;10-14H,25H2,1-9H3.